The van der Waals surface area contributed by atoms with E-state index in [0.29, 0.717) is 5.76 Å². The van der Waals surface area contributed by atoms with Crippen LogP contribution in [0.25, 0.3) is 22.3 Å². The molecule has 3 rings (SSSR count). The first-order chi connectivity index (χ1) is 10.1. The number of phenols is 1. The van der Waals surface area contributed by atoms with Crippen LogP contribution in [0.1, 0.15) is 0 Å². The molecule has 0 aliphatic heterocycles. The molecule has 0 aliphatic rings. The van der Waals surface area contributed by atoms with Crippen molar-refractivity contribution in [3.05, 3.63) is 52.7 Å². The summed E-state index contributed by atoms with van der Waals surface area (Å²) in [6.45, 7) is 0. The minimum absolute atomic E-state index is 0.0491. The third-order valence-electron chi connectivity index (χ3n) is 3.26. The van der Waals surface area contributed by atoms with E-state index in [9.17, 15) is 9.90 Å². The lowest BCUT2D eigenvalue weighted by Gasteiger charge is -2.10. The van der Waals surface area contributed by atoms with E-state index < -0.39 is 0 Å². The van der Waals surface area contributed by atoms with Crippen LogP contribution in [0.2, 0.25) is 0 Å². The van der Waals surface area contributed by atoms with Crippen molar-refractivity contribution in [1.82, 2.24) is 0 Å². The topological polar surface area (TPSA) is 85.7 Å². The Morgan fingerprint density at radius 1 is 1.19 bits per heavy atom. The molecule has 0 amide bonds. The number of hydrogen-bond acceptors (Lipinski definition) is 5. The predicted molar refractivity (Wildman–Crippen MR) is 80.5 cm³/mol. The smallest absolute Gasteiger partial charge is 0.197 e. The first-order valence-electron chi connectivity index (χ1n) is 6.30. The molecule has 1 heterocycles. The minimum atomic E-state index is -0.359. The highest BCUT2D eigenvalue weighted by molar-refractivity contribution is 5.96. The fourth-order valence-electron chi connectivity index (χ4n) is 2.23. The molecule has 3 N–H and O–H groups in total. The van der Waals surface area contributed by atoms with Crippen LogP contribution in [0.5, 0.6) is 11.5 Å². The first-order valence-corrected chi connectivity index (χ1v) is 6.30. The lowest BCUT2D eigenvalue weighted by molar-refractivity contribution is 0.410. The average molecular weight is 283 g/mol. The molecule has 5 nitrogen and oxygen atoms in total. The highest BCUT2D eigenvalue weighted by Gasteiger charge is 2.16. The third kappa shape index (κ3) is 2.08. The Bertz CT molecular complexity index is 869. The van der Waals surface area contributed by atoms with E-state index in [0.717, 1.165) is 5.56 Å². The van der Waals surface area contributed by atoms with Crippen molar-refractivity contribution in [3.63, 3.8) is 0 Å². The molecule has 1 aromatic heterocycles. The molecule has 0 bridgehead atoms. The van der Waals surface area contributed by atoms with Gasteiger partial charge in [-0.15, -0.1) is 0 Å². The number of aromatic hydroxyl groups is 1. The van der Waals surface area contributed by atoms with Gasteiger partial charge in [0.15, 0.2) is 11.0 Å². The fraction of sp³-hybridized carbons (Fsp3) is 0.0625. The van der Waals surface area contributed by atoms with E-state index >= 15 is 0 Å². The molecule has 0 fully saturated rings. The number of nitrogens with two attached hydrogens (primary N) is 1. The van der Waals surface area contributed by atoms with Gasteiger partial charge in [0.25, 0.3) is 0 Å². The number of anilines is 1. The van der Waals surface area contributed by atoms with Crippen molar-refractivity contribution in [1.29, 1.82) is 0 Å². The number of benzene rings is 2. The third-order valence-corrected chi connectivity index (χ3v) is 3.26. The number of ether oxygens (including phenoxy) is 1. The van der Waals surface area contributed by atoms with E-state index in [-0.39, 0.29) is 33.6 Å². The highest BCUT2D eigenvalue weighted by Crippen LogP contribution is 2.37. The van der Waals surface area contributed by atoms with Gasteiger partial charge in [-0.05, 0) is 0 Å². The number of nitrogen functional groups attached to an aromatic ring is 1. The fourth-order valence-corrected chi connectivity index (χ4v) is 2.23. The van der Waals surface area contributed by atoms with E-state index in [1.165, 1.54) is 19.2 Å². The first kappa shape index (κ1) is 13.1. The normalized spacial score (nSPS) is 10.7. The molecule has 0 spiro atoms. The summed E-state index contributed by atoms with van der Waals surface area (Å²) in [7, 11) is 1.43. The molecule has 21 heavy (non-hydrogen) atoms. The summed E-state index contributed by atoms with van der Waals surface area (Å²) in [6.07, 6.45) is 0. The van der Waals surface area contributed by atoms with Crippen LogP contribution in [0, 0.1) is 0 Å². The molecule has 106 valence electrons. The molecule has 0 saturated heterocycles. The van der Waals surface area contributed by atoms with Crippen molar-refractivity contribution < 1.29 is 14.3 Å². The lowest BCUT2D eigenvalue weighted by Crippen LogP contribution is -2.04. The molecule has 0 aliphatic carbocycles. The van der Waals surface area contributed by atoms with Gasteiger partial charge in [0, 0.05) is 17.7 Å². The average Bonchev–Trinajstić information content (AvgIpc) is 2.51. The Balaban J connectivity index is 2.38. The van der Waals surface area contributed by atoms with Crippen LogP contribution in [-0.2, 0) is 0 Å². The van der Waals surface area contributed by atoms with Crippen molar-refractivity contribution in [2.75, 3.05) is 12.8 Å². The SMILES string of the molecule is COc1cc(O)c2c(=O)cc(-c3ccccc3)oc2c1N. The van der Waals surface area contributed by atoms with Crippen LogP contribution in [0.15, 0.2) is 51.7 Å². The second-order valence-electron chi connectivity index (χ2n) is 4.56. The van der Waals surface area contributed by atoms with Crippen molar-refractivity contribution >= 4 is 16.7 Å². The van der Waals surface area contributed by atoms with Gasteiger partial charge in [0.1, 0.15) is 28.3 Å². The zero-order valence-corrected chi connectivity index (χ0v) is 11.3. The summed E-state index contributed by atoms with van der Waals surface area (Å²) >= 11 is 0. The maximum absolute atomic E-state index is 12.2. The molecular formula is C16H13NO4. The number of hydrogen-bond donors (Lipinski definition) is 2. The molecule has 0 saturated carbocycles. The highest BCUT2D eigenvalue weighted by atomic mass is 16.5. The quantitative estimate of drug-likeness (QED) is 0.558. The van der Waals surface area contributed by atoms with Crippen molar-refractivity contribution in [3.8, 4) is 22.8 Å². The Morgan fingerprint density at radius 2 is 1.90 bits per heavy atom. The molecule has 3 aromatic rings. The molecule has 0 unspecified atom stereocenters. The molecule has 5 heteroatoms. The number of methoxy groups -OCH3 is 1. The zero-order valence-electron chi connectivity index (χ0n) is 11.3. The van der Waals surface area contributed by atoms with Crippen LogP contribution < -0.4 is 15.9 Å². The summed E-state index contributed by atoms with van der Waals surface area (Å²) in [4.78, 5) is 12.2. The van der Waals surface area contributed by atoms with Crippen molar-refractivity contribution in [2.24, 2.45) is 0 Å². The Labute approximate surface area is 120 Å². The zero-order chi connectivity index (χ0) is 15.0. The van der Waals surface area contributed by atoms with Gasteiger partial charge in [0.05, 0.1) is 7.11 Å². The van der Waals surface area contributed by atoms with Gasteiger partial charge in [0.2, 0.25) is 0 Å². The predicted octanol–water partition coefficient (Wildman–Crippen LogP) is 2.76. The van der Waals surface area contributed by atoms with Gasteiger partial charge < -0.3 is 20.0 Å². The van der Waals surface area contributed by atoms with Gasteiger partial charge in [-0.3, -0.25) is 4.79 Å². The van der Waals surface area contributed by atoms with Gasteiger partial charge >= 0.3 is 0 Å². The molecule has 0 atom stereocenters. The number of phenolic OH excluding ortho intramolecular Hbond substituents is 1. The standard InChI is InChI=1S/C16H13NO4/c1-20-13-8-11(19)14-10(18)7-12(21-16(14)15(13)17)9-5-3-2-4-6-9/h2-8,19H,17H2,1H3. The molecule has 2 aromatic carbocycles. The minimum Gasteiger partial charge on any atom is -0.507 e. The van der Waals surface area contributed by atoms with E-state index in [1.54, 1.807) is 0 Å². The van der Waals surface area contributed by atoms with E-state index in [2.05, 4.69) is 0 Å². The summed E-state index contributed by atoms with van der Waals surface area (Å²) in [6, 6.07) is 11.8. The van der Waals surface area contributed by atoms with Crippen LogP contribution in [0.3, 0.4) is 0 Å². The van der Waals surface area contributed by atoms with Gasteiger partial charge in [-0.1, -0.05) is 30.3 Å². The Kier molecular flexibility index (Phi) is 3.02. The summed E-state index contributed by atoms with van der Waals surface area (Å²) in [5, 5.41) is 10.0. The lowest BCUT2D eigenvalue weighted by atomic mass is 10.1. The summed E-state index contributed by atoms with van der Waals surface area (Å²) in [5.41, 5.74) is 6.64. The van der Waals surface area contributed by atoms with Crippen LogP contribution in [0.4, 0.5) is 5.69 Å². The monoisotopic (exact) mass is 283 g/mol. The second kappa shape index (κ2) is 4.86. The second-order valence-corrected chi connectivity index (χ2v) is 4.56. The maximum Gasteiger partial charge on any atom is 0.197 e. The Hall–Kier alpha value is -2.95. The largest absolute Gasteiger partial charge is 0.507 e. The summed E-state index contributed by atoms with van der Waals surface area (Å²) < 4.78 is 10.8. The number of fused-ring (bicyclic) bond motifs is 1. The summed E-state index contributed by atoms with van der Waals surface area (Å²) in [5.74, 6) is 0.422. The molecular weight excluding hydrogens is 270 g/mol. The van der Waals surface area contributed by atoms with E-state index in [4.69, 9.17) is 14.9 Å². The van der Waals surface area contributed by atoms with Gasteiger partial charge in [-0.2, -0.15) is 0 Å². The molecule has 0 radical (unpaired) electrons. The Morgan fingerprint density at radius 3 is 2.57 bits per heavy atom. The number of rotatable bonds is 2. The van der Waals surface area contributed by atoms with Crippen LogP contribution in [-0.4, -0.2) is 12.2 Å². The van der Waals surface area contributed by atoms with Crippen LogP contribution >= 0.6 is 0 Å². The van der Waals surface area contributed by atoms with Gasteiger partial charge in [-0.25, -0.2) is 0 Å². The maximum atomic E-state index is 12.2. The van der Waals surface area contributed by atoms with E-state index in [1.807, 2.05) is 30.3 Å². The van der Waals surface area contributed by atoms with Crippen molar-refractivity contribution in [2.45, 2.75) is 0 Å².